The van der Waals surface area contributed by atoms with Crippen LogP contribution < -0.4 is 10.2 Å². The third kappa shape index (κ3) is 2.80. The Morgan fingerprint density at radius 1 is 0.880 bits per heavy atom. The predicted octanol–water partition coefficient (Wildman–Crippen LogP) is 3.18. The predicted molar refractivity (Wildman–Crippen MR) is 107 cm³/mol. The summed E-state index contributed by atoms with van der Waals surface area (Å²) >= 11 is 0. The monoisotopic (exact) mass is 350 g/mol. The molecular weight excluding hydrogens is 329 g/mol. The van der Waals surface area contributed by atoms with Gasteiger partial charge in [0.2, 0.25) is 0 Å². The average molecular weight is 350 g/mol. The molecule has 4 heteroatoms. The molecule has 1 N–H and O–H groups in total. The lowest BCUT2D eigenvalue weighted by molar-refractivity contribution is -0.861. The number of aliphatic hydroxyl groups is 1. The zero-order valence-electron chi connectivity index (χ0n) is 14.7. The van der Waals surface area contributed by atoms with Gasteiger partial charge in [0.25, 0.3) is 5.48 Å². The molecule has 0 amide bonds. The standard InChI is InChI=1S/C21H20NO2P/c1-22(2,3)13-19(23)25(24)18-12-10-16-8-7-14-5-4-6-15-9-11-17(18)21(16)20(14)15/h4-12H,13H2,1-3H3/p+1. The van der Waals surface area contributed by atoms with Gasteiger partial charge in [-0.05, 0) is 39.7 Å². The minimum Gasteiger partial charge on any atom is -0.624 e. The van der Waals surface area contributed by atoms with Crippen molar-refractivity contribution < 1.29 is 14.5 Å². The van der Waals surface area contributed by atoms with E-state index in [-0.39, 0.29) is 5.48 Å². The molecule has 0 aromatic heterocycles. The molecule has 0 saturated heterocycles. The first-order valence-electron chi connectivity index (χ1n) is 8.34. The lowest BCUT2D eigenvalue weighted by Gasteiger charge is -2.22. The maximum absolute atomic E-state index is 13.0. The summed E-state index contributed by atoms with van der Waals surface area (Å²) in [5.41, 5.74) is 0.0533. The number of hydrogen-bond donors (Lipinski definition) is 1. The zero-order valence-corrected chi connectivity index (χ0v) is 15.5. The van der Waals surface area contributed by atoms with Crippen molar-refractivity contribution in [2.45, 2.75) is 0 Å². The van der Waals surface area contributed by atoms with Crippen LogP contribution in [0, 0.1) is 0 Å². The van der Waals surface area contributed by atoms with E-state index >= 15 is 0 Å². The molecule has 1 atom stereocenters. The Balaban J connectivity index is 2.04. The molecule has 0 bridgehead atoms. The van der Waals surface area contributed by atoms with Gasteiger partial charge in [0.1, 0.15) is 7.77 Å². The van der Waals surface area contributed by atoms with Crippen LogP contribution in [0.15, 0.2) is 54.6 Å². The number of quaternary nitrogens is 1. The Labute approximate surface area is 148 Å². The van der Waals surface area contributed by atoms with Gasteiger partial charge in [0, 0.05) is 10.8 Å². The molecule has 0 aliphatic rings. The summed E-state index contributed by atoms with van der Waals surface area (Å²) in [6.07, 6.45) is 0. The van der Waals surface area contributed by atoms with Gasteiger partial charge < -0.3 is 14.5 Å². The zero-order chi connectivity index (χ0) is 17.8. The van der Waals surface area contributed by atoms with Gasteiger partial charge in [-0.15, -0.1) is 0 Å². The van der Waals surface area contributed by atoms with Crippen LogP contribution in [0.4, 0.5) is 0 Å². The average Bonchev–Trinajstić information content (AvgIpc) is 2.57. The Kier molecular flexibility index (Phi) is 3.78. The fourth-order valence-electron chi connectivity index (χ4n) is 3.52. The van der Waals surface area contributed by atoms with E-state index in [1.54, 1.807) is 0 Å². The molecular formula is C21H21NO2P+. The second-order valence-electron chi connectivity index (χ2n) is 7.60. The molecule has 0 aliphatic carbocycles. The second-order valence-corrected chi connectivity index (χ2v) is 9.19. The Bertz CT molecular complexity index is 1110. The van der Waals surface area contributed by atoms with Crippen LogP contribution in [0.2, 0.25) is 0 Å². The smallest absolute Gasteiger partial charge is 0.279 e. The molecule has 0 heterocycles. The molecule has 4 aromatic carbocycles. The third-order valence-corrected chi connectivity index (χ3v) is 6.01. The summed E-state index contributed by atoms with van der Waals surface area (Å²) in [5.74, 6) is 0. The number of benzene rings is 4. The van der Waals surface area contributed by atoms with Crippen molar-refractivity contribution in [1.29, 1.82) is 0 Å². The normalized spacial score (nSPS) is 13.8. The summed E-state index contributed by atoms with van der Waals surface area (Å²) in [4.78, 5) is 13.0. The minimum absolute atomic E-state index is 0.0533. The fourth-order valence-corrected chi connectivity index (χ4v) is 4.97. The summed E-state index contributed by atoms with van der Waals surface area (Å²) in [7, 11) is 3.96. The van der Waals surface area contributed by atoms with Gasteiger partial charge in [-0.25, -0.2) is 0 Å². The van der Waals surface area contributed by atoms with Crippen LogP contribution in [0.5, 0.6) is 0 Å². The number of likely N-dealkylation sites (N-methyl/N-ethyl adjacent to an activating group) is 1. The minimum atomic E-state index is -1.97. The molecule has 1 unspecified atom stereocenters. The number of nitrogens with zero attached hydrogens (tertiary/aromatic N) is 1. The van der Waals surface area contributed by atoms with Gasteiger partial charge >= 0.3 is 0 Å². The SMILES string of the molecule is C[N+](C)(C)C/C(O)=[P+](\[O-])c1ccc2ccc3cccc4ccc1c2c34. The van der Waals surface area contributed by atoms with E-state index < -0.39 is 7.77 Å². The van der Waals surface area contributed by atoms with Gasteiger partial charge in [-0.2, -0.15) is 0 Å². The number of rotatable bonds is 3. The van der Waals surface area contributed by atoms with Crippen LogP contribution in [0.25, 0.3) is 32.3 Å². The summed E-state index contributed by atoms with van der Waals surface area (Å²) in [5, 5.41) is 17.9. The van der Waals surface area contributed by atoms with Crippen LogP contribution in [0.3, 0.4) is 0 Å². The molecule has 4 rings (SSSR count). The van der Waals surface area contributed by atoms with Crippen LogP contribution in [-0.4, -0.2) is 42.8 Å². The maximum atomic E-state index is 13.0. The number of hydrogen-bond acceptors (Lipinski definition) is 1. The van der Waals surface area contributed by atoms with E-state index in [2.05, 4.69) is 36.4 Å². The van der Waals surface area contributed by atoms with Gasteiger partial charge in [0.15, 0.2) is 11.8 Å². The first-order valence-corrected chi connectivity index (χ1v) is 9.60. The summed E-state index contributed by atoms with van der Waals surface area (Å²) in [6.45, 7) is 0.372. The molecule has 4 aromatic rings. The Morgan fingerprint density at radius 3 is 2.08 bits per heavy atom. The molecule has 3 nitrogen and oxygen atoms in total. The van der Waals surface area contributed by atoms with Crippen LogP contribution in [0.1, 0.15) is 0 Å². The lowest BCUT2D eigenvalue weighted by atomic mass is 9.94. The van der Waals surface area contributed by atoms with Gasteiger partial charge in [0.05, 0.1) is 21.1 Å². The van der Waals surface area contributed by atoms with Crippen molar-refractivity contribution in [1.82, 2.24) is 0 Å². The highest BCUT2D eigenvalue weighted by Gasteiger charge is 2.22. The summed E-state index contributed by atoms with van der Waals surface area (Å²) in [6, 6.07) is 18.5. The van der Waals surface area contributed by atoms with E-state index in [0.29, 0.717) is 16.3 Å². The van der Waals surface area contributed by atoms with E-state index in [1.165, 1.54) is 16.2 Å². The lowest BCUT2D eigenvalue weighted by Crippen LogP contribution is -2.40. The Hall–Kier alpha value is -2.03. The molecule has 0 fully saturated rings. The topological polar surface area (TPSA) is 43.3 Å². The molecule has 25 heavy (non-hydrogen) atoms. The molecule has 126 valence electrons. The summed E-state index contributed by atoms with van der Waals surface area (Å²) < 4.78 is 0.540. The molecule has 0 aliphatic heterocycles. The Morgan fingerprint density at radius 2 is 1.44 bits per heavy atom. The highest BCUT2D eigenvalue weighted by molar-refractivity contribution is 7.59. The van der Waals surface area contributed by atoms with E-state index in [0.717, 1.165) is 16.2 Å². The van der Waals surface area contributed by atoms with Crippen molar-refractivity contribution >= 4 is 50.9 Å². The van der Waals surface area contributed by atoms with Gasteiger partial charge in [-0.3, -0.25) is 0 Å². The van der Waals surface area contributed by atoms with Crippen molar-refractivity contribution in [3.8, 4) is 0 Å². The highest BCUT2D eigenvalue weighted by Crippen LogP contribution is 2.35. The highest BCUT2D eigenvalue weighted by atomic mass is 31.1. The molecule has 0 spiro atoms. The first kappa shape index (κ1) is 16.4. The molecule has 0 saturated carbocycles. The van der Waals surface area contributed by atoms with Crippen LogP contribution >= 0.6 is 7.77 Å². The van der Waals surface area contributed by atoms with E-state index in [1.807, 2.05) is 39.3 Å². The number of aliphatic hydroxyl groups excluding tert-OH is 1. The van der Waals surface area contributed by atoms with Crippen molar-refractivity contribution in [3.05, 3.63) is 54.6 Å². The van der Waals surface area contributed by atoms with Gasteiger partial charge in [-0.1, -0.05) is 36.4 Å². The maximum Gasteiger partial charge on any atom is 0.279 e. The van der Waals surface area contributed by atoms with E-state index in [4.69, 9.17) is 0 Å². The molecule has 0 radical (unpaired) electrons. The van der Waals surface area contributed by atoms with Crippen molar-refractivity contribution in [3.63, 3.8) is 0 Å². The van der Waals surface area contributed by atoms with Crippen molar-refractivity contribution in [2.24, 2.45) is 0 Å². The third-order valence-electron chi connectivity index (χ3n) is 4.57. The fraction of sp³-hybridized carbons (Fsp3) is 0.190. The first-order chi connectivity index (χ1) is 11.8. The largest absolute Gasteiger partial charge is 0.624 e. The van der Waals surface area contributed by atoms with E-state index in [9.17, 15) is 10.00 Å². The van der Waals surface area contributed by atoms with Crippen LogP contribution in [-0.2, 0) is 0 Å². The quantitative estimate of drug-likeness (QED) is 0.350. The van der Waals surface area contributed by atoms with Crippen molar-refractivity contribution in [2.75, 3.05) is 27.7 Å². The second kappa shape index (κ2) is 5.76.